The summed E-state index contributed by atoms with van der Waals surface area (Å²) in [4.78, 5) is 10.3. The molecule has 1 atom stereocenters. The highest BCUT2D eigenvalue weighted by molar-refractivity contribution is 7.79. The minimum atomic E-state index is -0.410. The zero-order chi connectivity index (χ0) is 6.57. The summed E-state index contributed by atoms with van der Waals surface area (Å²) in [5.74, 6) is -0.0206. The van der Waals surface area contributed by atoms with Gasteiger partial charge in [-0.2, -0.15) is 0 Å². The van der Waals surface area contributed by atoms with Gasteiger partial charge in [0.25, 0.3) is 0 Å². The van der Waals surface area contributed by atoms with Crippen LogP contribution in [0.5, 0.6) is 0 Å². The third-order valence-electron chi connectivity index (χ3n) is 0.744. The standard InChI is InChI=1S/C5H7ClOS/c1-4(7)5(6)2-3-8/h3,5H,2H2,1H3. The topological polar surface area (TPSA) is 17.1 Å². The van der Waals surface area contributed by atoms with Crippen LogP contribution in [0, 0.1) is 0 Å². The smallest absolute Gasteiger partial charge is 0.147 e. The lowest BCUT2D eigenvalue weighted by molar-refractivity contribution is -0.116. The highest BCUT2D eigenvalue weighted by Gasteiger charge is 2.05. The molecule has 0 fully saturated rings. The minimum absolute atomic E-state index is 0.0206. The molecule has 0 saturated heterocycles. The predicted octanol–water partition coefficient (Wildman–Crippen LogP) is 1.57. The third kappa shape index (κ3) is 3.10. The molecule has 1 unspecified atom stereocenters. The molecule has 0 heterocycles. The Morgan fingerprint density at radius 2 is 2.50 bits per heavy atom. The second kappa shape index (κ2) is 3.98. The maximum absolute atomic E-state index is 10.3. The van der Waals surface area contributed by atoms with Crippen LogP contribution in [-0.4, -0.2) is 16.5 Å². The number of Topliss-reactive ketones (excluding diaryl/α,β-unsaturated/α-hetero) is 1. The number of carbonyl (C=O) groups excluding carboxylic acids is 1. The van der Waals surface area contributed by atoms with Crippen molar-refractivity contribution in [1.29, 1.82) is 0 Å². The van der Waals surface area contributed by atoms with E-state index in [1.165, 1.54) is 12.3 Å². The molecule has 0 saturated carbocycles. The third-order valence-corrected chi connectivity index (χ3v) is 1.42. The summed E-state index contributed by atoms with van der Waals surface area (Å²) in [7, 11) is 0. The fourth-order valence-electron chi connectivity index (χ4n) is 0.250. The first kappa shape index (κ1) is 8.05. The van der Waals surface area contributed by atoms with Crippen LogP contribution in [0.2, 0.25) is 0 Å². The van der Waals surface area contributed by atoms with Gasteiger partial charge in [0, 0.05) is 0 Å². The van der Waals surface area contributed by atoms with Crippen LogP contribution in [0.3, 0.4) is 0 Å². The van der Waals surface area contributed by atoms with Crippen LogP contribution < -0.4 is 0 Å². The molecule has 8 heavy (non-hydrogen) atoms. The predicted molar refractivity (Wildman–Crippen MR) is 38.6 cm³/mol. The molecule has 46 valence electrons. The average Bonchev–Trinajstić information content (AvgIpc) is 1.67. The molecule has 0 amide bonds. The molecule has 0 aliphatic rings. The molecular formula is C5H7ClOS. The lowest BCUT2D eigenvalue weighted by atomic mass is 10.2. The van der Waals surface area contributed by atoms with Crippen LogP contribution in [0.25, 0.3) is 0 Å². The van der Waals surface area contributed by atoms with E-state index in [0.717, 1.165) is 0 Å². The van der Waals surface area contributed by atoms with E-state index in [9.17, 15) is 4.79 Å². The number of ketones is 1. The Morgan fingerprint density at radius 3 is 2.62 bits per heavy atom. The number of hydrogen-bond donors (Lipinski definition) is 0. The van der Waals surface area contributed by atoms with Crippen molar-refractivity contribution >= 4 is 35.0 Å². The van der Waals surface area contributed by atoms with Crippen molar-refractivity contribution in [3.63, 3.8) is 0 Å². The van der Waals surface area contributed by atoms with Gasteiger partial charge in [0.15, 0.2) is 0 Å². The lowest BCUT2D eigenvalue weighted by Gasteiger charge is -1.96. The van der Waals surface area contributed by atoms with Gasteiger partial charge in [-0.1, -0.05) is 12.2 Å². The van der Waals surface area contributed by atoms with Crippen LogP contribution in [0.4, 0.5) is 0 Å². The number of rotatable bonds is 3. The number of thiocarbonyl (C=S) groups is 1. The molecule has 0 rings (SSSR count). The molecule has 0 N–H and O–H groups in total. The molecule has 0 aromatic rings. The molecule has 0 bridgehead atoms. The van der Waals surface area contributed by atoms with E-state index >= 15 is 0 Å². The highest BCUT2D eigenvalue weighted by Crippen LogP contribution is 1.99. The quantitative estimate of drug-likeness (QED) is 0.449. The van der Waals surface area contributed by atoms with Crippen molar-refractivity contribution < 1.29 is 4.79 Å². The van der Waals surface area contributed by atoms with Gasteiger partial charge < -0.3 is 0 Å². The first-order valence-corrected chi connectivity index (χ1v) is 3.17. The first-order valence-electron chi connectivity index (χ1n) is 2.26. The van der Waals surface area contributed by atoms with E-state index in [4.69, 9.17) is 11.6 Å². The van der Waals surface area contributed by atoms with Crippen LogP contribution in [0.1, 0.15) is 13.3 Å². The SMILES string of the molecule is CC(=O)C(Cl)CC=S. The zero-order valence-electron chi connectivity index (χ0n) is 4.56. The lowest BCUT2D eigenvalue weighted by Crippen LogP contribution is -2.09. The Labute approximate surface area is 59.0 Å². The molecule has 0 aliphatic carbocycles. The van der Waals surface area contributed by atoms with Gasteiger partial charge >= 0.3 is 0 Å². The Kier molecular flexibility index (Phi) is 4.01. The minimum Gasteiger partial charge on any atom is -0.298 e. The highest BCUT2D eigenvalue weighted by atomic mass is 35.5. The fraction of sp³-hybridized carbons (Fsp3) is 0.600. The molecule has 0 aromatic carbocycles. The molecule has 0 aromatic heterocycles. The molecule has 0 aliphatic heterocycles. The number of hydrogen-bond acceptors (Lipinski definition) is 2. The van der Waals surface area contributed by atoms with Crippen LogP contribution in [0.15, 0.2) is 0 Å². The van der Waals surface area contributed by atoms with Gasteiger partial charge in [-0.3, -0.25) is 4.79 Å². The van der Waals surface area contributed by atoms with Crippen molar-refractivity contribution in [3.05, 3.63) is 0 Å². The second-order valence-corrected chi connectivity index (χ2v) is 2.34. The van der Waals surface area contributed by atoms with E-state index in [0.29, 0.717) is 6.42 Å². The van der Waals surface area contributed by atoms with Gasteiger partial charge in [0.05, 0.1) is 5.38 Å². The van der Waals surface area contributed by atoms with Gasteiger partial charge in [-0.15, -0.1) is 11.6 Å². The van der Waals surface area contributed by atoms with Crippen LogP contribution in [-0.2, 0) is 4.79 Å². The van der Waals surface area contributed by atoms with Crippen LogP contribution >= 0.6 is 23.8 Å². The molecular weight excluding hydrogens is 144 g/mol. The van der Waals surface area contributed by atoms with Crippen molar-refractivity contribution in [3.8, 4) is 0 Å². The molecule has 0 spiro atoms. The fourth-order valence-corrected chi connectivity index (χ4v) is 0.638. The maximum Gasteiger partial charge on any atom is 0.147 e. The Balaban J connectivity index is 3.46. The Morgan fingerprint density at radius 1 is 2.00 bits per heavy atom. The van der Waals surface area contributed by atoms with Crippen molar-refractivity contribution in [1.82, 2.24) is 0 Å². The normalized spacial score (nSPS) is 12.8. The number of alkyl halides is 1. The van der Waals surface area contributed by atoms with Crippen molar-refractivity contribution in [2.24, 2.45) is 0 Å². The van der Waals surface area contributed by atoms with E-state index in [1.807, 2.05) is 0 Å². The summed E-state index contributed by atoms with van der Waals surface area (Å²) in [6.07, 6.45) is 0.492. The Bertz CT molecular complexity index is 103. The van der Waals surface area contributed by atoms with Gasteiger partial charge in [0.1, 0.15) is 5.78 Å². The molecule has 3 heteroatoms. The van der Waals surface area contributed by atoms with E-state index in [2.05, 4.69) is 12.2 Å². The monoisotopic (exact) mass is 150 g/mol. The summed E-state index contributed by atoms with van der Waals surface area (Å²) >= 11 is 9.95. The van der Waals surface area contributed by atoms with E-state index in [1.54, 1.807) is 0 Å². The number of carbonyl (C=O) groups is 1. The van der Waals surface area contributed by atoms with Crippen molar-refractivity contribution in [2.75, 3.05) is 0 Å². The van der Waals surface area contributed by atoms with Gasteiger partial charge in [-0.25, -0.2) is 0 Å². The van der Waals surface area contributed by atoms with Gasteiger partial charge in [0.2, 0.25) is 0 Å². The Hall–Kier alpha value is 0.0500. The largest absolute Gasteiger partial charge is 0.298 e. The summed E-state index contributed by atoms with van der Waals surface area (Å²) < 4.78 is 0. The first-order chi connectivity index (χ1) is 3.68. The molecule has 1 nitrogen and oxygen atoms in total. The average molecular weight is 151 g/mol. The van der Waals surface area contributed by atoms with Gasteiger partial charge in [-0.05, 0) is 18.7 Å². The summed E-state index contributed by atoms with van der Waals surface area (Å²) in [5, 5.41) is 1.06. The van der Waals surface area contributed by atoms with E-state index < -0.39 is 5.38 Å². The maximum atomic E-state index is 10.3. The molecule has 0 radical (unpaired) electrons. The number of halogens is 1. The zero-order valence-corrected chi connectivity index (χ0v) is 6.13. The summed E-state index contributed by atoms with van der Waals surface area (Å²) in [6, 6.07) is 0. The van der Waals surface area contributed by atoms with Crippen molar-refractivity contribution in [2.45, 2.75) is 18.7 Å². The van der Waals surface area contributed by atoms with E-state index in [-0.39, 0.29) is 5.78 Å². The summed E-state index contributed by atoms with van der Waals surface area (Å²) in [6.45, 7) is 1.45. The second-order valence-electron chi connectivity index (χ2n) is 1.48. The summed E-state index contributed by atoms with van der Waals surface area (Å²) in [5.41, 5.74) is 0.